The molecule has 94 valence electrons. The number of carboxylic acid groups (broad SMARTS) is 3. The molecule has 0 aromatic carbocycles. The molecule has 0 radical (unpaired) electrons. The Balaban J connectivity index is 0. The fourth-order valence-electron chi connectivity index (χ4n) is 0.349. The van der Waals surface area contributed by atoms with Crippen LogP contribution in [-0.2, 0) is 14.4 Å². The first kappa shape index (κ1) is 16.8. The molecule has 0 aliphatic rings. The highest BCUT2D eigenvalue weighted by Gasteiger charge is 2.18. The zero-order chi connectivity index (χ0) is 13.5. The van der Waals surface area contributed by atoms with Crippen molar-refractivity contribution in [2.45, 2.75) is 34.1 Å². The average molecular weight is 234 g/mol. The molecule has 0 aromatic heterocycles. The fourth-order valence-corrected chi connectivity index (χ4v) is 0.349. The van der Waals surface area contributed by atoms with Gasteiger partial charge in [-0.25, -0.2) is 0 Å². The van der Waals surface area contributed by atoms with Crippen LogP contribution in [0.3, 0.4) is 0 Å². The van der Waals surface area contributed by atoms with Gasteiger partial charge in [0.25, 0.3) is 0 Å². The molecule has 6 heteroatoms. The molecule has 0 aliphatic carbocycles. The van der Waals surface area contributed by atoms with Crippen LogP contribution in [-0.4, -0.2) is 33.2 Å². The molecule has 0 spiro atoms. The molecule has 1 atom stereocenters. The predicted octanol–water partition coefficient (Wildman–Crippen LogP) is 1.30. The molecule has 0 aliphatic heterocycles. The minimum absolute atomic E-state index is 0.310. The summed E-state index contributed by atoms with van der Waals surface area (Å²) in [5.41, 5.74) is -0.583. The summed E-state index contributed by atoms with van der Waals surface area (Å²) in [5.74, 6) is -3.70. The van der Waals surface area contributed by atoms with Crippen molar-refractivity contribution < 1.29 is 29.7 Å². The van der Waals surface area contributed by atoms with Crippen molar-refractivity contribution in [3.63, 3.8) is 0 Å². The molecule has 3 N–H and O–H groups in total. The molecule has 0 saturated heterocycles. The van der Waals surface area contributed by atoms with Crippen LogP contribution in [0, 0.1) is 11.3 Å². The van der Waals surface area contributed by atoms with E-state index in [4.69, 9.17) is 15.3 Å². The summed E-state index contributed by atoms with van der Waals surface area (Å²) in [4.78, 5) is 29.8. The van der Waals surface area contributed by atoms with E-state index >= 15 is 0 Å². The normalized spacial score (nSPS) is 12.0. The lowest BCUT2D eigenvalue weighted by atomic mass is 9.98. The minimum Gasteiger partial charge on any atom is -0.481 e. The number of carbonyl (C=O) groups is 3. The van der Waals surface area contributed by atoms with Crippen LogP contribution in [0.15, 0.2) is 0 Å². The van der Waals surface area contributed by atoms with Gasteiger partial charge in [0.1, 0.15) is 0 Å². The third-order valence-corrected chi connectivity index (χ3v) is 1.54. The summed E-state index contributed by atoms with van der Waals surface area (Å²) in [7, 11) is 0. The van der Waals surface area contributed by atoms with Crippen LogP contribution in [0.2, 0.25) is 0 Å². The van der Waals surface area contributed by atoms with Crippen LogP contribution >= 0.6 is 0 Å². The maximum Gasteiger partial charge on any atom is 0.308 e. The number of hydrogen-bond acceptors (Lipinski definition) is 3. The highest BCUT2D eigenvalue weighted by molar-refractivity contribution is 5.77. The van der Waals surface area contributed by atoms with Crippen molar-refractivity contribution in [1.29, 1.82) is 0 Å². The maximum absolute atomic E-state index is 10.0. The lowest BCUT2D eigenvalue weighted by Crippen LogP contribution is -2.18. The number of rotatable bonds is 3. The van der Waals surface area contributed by atoms with E-state index < -0.39 is 29.2 Å². The zero-order valence-corrected chi connectivity index (χ0v) is 9.85. The average Bonchev–Trinajstić information content (AvgIpc) is 2.01. The second-order valence-electron chi connectivity index (χ2n) is 4.39. The third kappa shape index (κ3) is 10.5. The molecule has 0 saturated carbocycles. The fraction of sp³-hybridized carbons (Fsp3) is 0.700. The van der Waals surface area contributed by atoms with Gasteiger partial charge >= 0.3 is 17.9 Å². The largest absolute Gasteiger partial charge is 0.481 e. The first-order chi connectivity index (χ1) is 6.98. The van der Waals surface area contributed by atoms with E-state index in [1.54, 1.807) is 20.8 Å². The topological polar surface area (TPSA) is 112 Å². The summed E-state index contributed by atoms with van der Waals surface area (Å²) >= 11 is 0. The Bertz CT molecular complexity index is 263. The molecule has 0 bridgehead atoms. The second kappa shape index (κ2) is 6.81. The quantitative estimate of drug-likeness (QED) is 0.678. The van der Waals surface area contributed by atoms with Crippen molar-refractivity contribution in [3.8, 4) is 0 Å². The van der Waals surface area contributed by atoms with Crippen LogP contribution in [0.25, 0.3) is 0 Å². The van der Waals surface area contributed by atoms with Crippen LogP contribution < -0.4 is 0 Å². The second-order valence-corrected chi connectivity index (χ2v) is 4.39. The first-order valence-corrected chi connectivity index (χ1v) is 4.66. The predicted molar refractivity (Wildman–Crippen MR) is 56.1 cm³/mol. The Labute approximate surface area is 93.9 Å². The Hall–Kier alpha value is -1.59. The van der Waals surface area contributed by atoms with E-state index in [1.807, 2.05) is 0 Å². The van der Waals surface area contributed by atoms with Crippen molar-refractivity contribution in [3.05, 3.63) is 0 Å². The summed E-state index contributed by atoms with van der Waals surface area (Å²) in [6.07, 6.45) is -0.310. The summed E-state index contributed by atoms with van der Waals surface area (Å²) in [5, 5.41) is 24.5. The van der Waals surface area contributed by atoms with Gasteiger partial charge in [-0.1, -0.05) is 6.92 Å². The summed E-state index contributed by atoms with van der Waals surface area (Å²) in [6.45, 7) is 6.34. The maximum atomic E-state index is 10.0. The lowest BCUT2D eigenvalue weighted by molar-refractivity contribution is -0.147. The monoisotopic (exact) mass is 234 g/mol. The number of aliphatic carboxylic acids is 3. The highest BCUT2D eigenvalue weighted by Crippen LogP contribution is 2.11. The molecule has 6 nitrogen and oxygen atoms in total. The van der Waals surface area contributed by atoms with E-state index in [9.17, 15) is 14.4 Å². The molecule has 0 fully saturated rings. The van der Waals surface area contributed by atoms with Gasteiger partial charge in [-0.05, 0) is 20.8 Å². The Morgan fingerprint density at radius 1 is 1.06 bits per heavy atom. The first-order valence-electron chi connectivity index (χ1n) is 4.66. The van der Waals surface area contributed by atoms with Crippen LogP contribution in [0.5, 0.6) is 0 Å². The van der Waals surface area contributed by atoms with Gasteiger partial charge in [0.2, 0.25) is 0 Å². The molecule has 1 unspecified atom stereocenters. The van der Waals surface area contributed by atoms with Crippen molar-refractivity contribution in [2.24, 2.45) is 11.3 Å². The van der Waals surface area contributed by atoms with Gasteiger partial charge in [0.15, 0.2) is 0 Å². The van der Waals surface area contributed by atoms with Crippen LogP contribution in [0.4, 0.5) is 0 Å². The van der Waals surface area contributed by atoms with Gasteiger partial charge in [0, 0.05) is 0 Å². The highest BCUT2D eigenvalue weighted by atomic mass is 16.4. The van der Waals surface area contributed by atoms with Crippen molar-refractivity contribution in [1.82, 2.24) is 0 Å². The Kier molecular flexibility index (Phi) is 7.17. The van der Waals surface area contributed by atoms with E-state index in [1.165, 1.54) is 6.92 Å². The van der Waals surface area contributed by atoms with Gasteiger partial charge in [0.05, 0.1) is 17.8 Å². The zero-order valence-electron chi connectivity index (χ0n) is 9.85. The number of carboxylic acids is 3. The van der Waals surface area contributed by atoms with Crippen LogP contribution in [0.1, 0.15) is 34.1 Å². The molecule has 0 heterocycles. The van der Waals surface area contributed by atoms with E-state index in [0.717, 1.165) is 0 Å². The number of hydrogen-bond donors (Lipinski definition) is 3. The molecule has 16 heavy (non-hydrogen) atoms. The smallest absolute Gasteiger partial charge is 0.308 e. The lowest BCUT2D eigenvalue weighted by Gasteiger charge is -2.08. The Morgan fingerprint density at radius 2 is 1.38 bits per heavy atom. The van der Waals surface area contributed by atoms with Gasteiger partial charge in [-0.3, -0.25) is 14.4 Å². The minimum atomic E-state index is -1.08. The molecular weight excluding hydrogens is 216 g/mol. The van der Waals surface area contributed by atoms with Crippen molar-refractivity contribution >= 4 is 17.9 Å². The molecule has 0 amide bonds. The van der Waals surface area contributed by atoms with E-state index in [2.05, 4.69) is 0 Å². The van der Waals surface area contributed by atoms with E-state index in [0.29, 0.717) is 0 Å². The SMILES string of the molecule is CC(C)(C)C(=O)O.CC(CC(=O)O)C(=O)O. The molecular formula is C10H18O6. The summed E-state index contributed by atoms with van der Waals surface area (Å²) in [6, 6.07) is 0. The van der Waals surface area contributed by atoms with Crippen molar-refractivity contribution in [2.75, 3.05) is 0 Å². The summed E-state index contributed by atoms with van der Waals surface area (Å²) < 4.78 is 0. The van der Waals surface area contributed by atoms with Gasteiger partial charge in [-0.15, -0.1) is 0 Å². The molecule has 0 aromatic rings. The standard InChI is InChI=1S/C5H8O4.C5H10O2/c1-3(5(8)9)2-4(6)7;1-5(2,3)4(6)7/h3H,2H2,1H3,(H,6,7)(H,8,9);1-3H3,(H,6,7). The Morgan fingerprint density at radius 3 is 1.44 bits per heavy atom. The van der Waals surface area contributed by atoms with Gasteiger partial charge < -0.3 is 15.3 Å². The van der Waals surface area contributed by atoms with E-state index in [-0.39, 0.29) is 6.42 Å². The third-order valence-electron chi connectivity index (χ3n) is 1.54. The van der Waals surface area contributed by atoms with Gasteiger partial charge in [-0.2, -0.15) is 0 Å². The molecule has 0 rings (SSSR count).